The van der Waals surface area contributed by atoms with E-state index < -0.39 is 0 Å². The highest BCUT2D eigenvalue weighted by molar-refractivity contribution is 7.99. The van der Waals surface area contributed by atoms with E-state index in [4.69, 9.17) is 10.5 Å². The Morgan fingerprint density at radius 1 is 1.38 bits per heavy atom. The molecule has 1 aromatic carbocycles. The molecular weight excluding hydrogens is 286 g/mol. The Kier molecular flexibility index (Phi) is 8.00. The Morgan fingerprint density at radius 3 is 2.71 bits per heavy atom. The normalized spacial score (nSPS) is 10.7. The van der Waals surface area contributed by atoms with Crippen LogP contribution in [0.3, 0.4) is 0 Å². The number of methoxy groups -OCH3 is 1. The van der Waals surface area contributed by atoms with Crippen LogP contribution in [-0.2, 0) is 4.79 Å². The molecule has 0 saturated heterocycles. The Hall–Kier alpha value is -1.40. The number of amides is 1. The van der Waals surface area contributed by atoms with E-state index in [1.54, 1.807) is 37.1 Å². The first-order valence-corrected chi connectivity index (χ1v) is 8.29. The molecule has 1 rings (SSSR count). The first-order chi connectivity index (χ1) is 10.1. The zero-order chi connectivity index (χ0) is 15.7. The molecule has 0 fully saturated rings. The van der Waals surface area contributed by atoms with Crippen LogP contribution in [0.1, 0.15) is 13.8 Å². The van der Waals surface area contributed by atoms with E-state index in [1.807, 2.05) is 0 Å². The first kappa shape index (κ1) is 17.7. The molecule has 0 unspecified atom stereocenters. The van der Waals surface area contributed by atoms with Crippen molar-refractivity contribution in [3.63, 3.8) is 0 Å². The van der Waals surface area contributed by atoms with Crippen molar-refractivity contribution in [3.05, 3.63) is 18.2 Å². The van der Waals surface area contributed by atoms with E-state index in [0.29, 0.717) is 22.9 Å². The molecule has 0 bridgehead atoms. The third kappa shape index (κ3) is 6.27. The standard InChI is InChI=1S/C15H25N3O2S/c1-4-18(5-2)8-9-21-11-15(19)17-14-10-12(20-3)6-7-13(14)16/h6-7,10H,4-5,8-9,11,16H2,1-3H3,(H,17,19). The summed E-state index contributed by atoms with van der Waals surface area (Å²) in [6.07, 6.45) is 0. The molecule has 6 heteroatoms. The van der Waals surface area contributed by atoms with Gasteiger partial charge in [0, 0.05) is 18.4 Å². The zero-order valence-electron chi connectivity index (χ0n) is 13.0. The third-order valence-electron chi connectivity index (χ3n) is 3.21. The highest BCUT2D eigenvalue weighted by Gasteiger charge is 2.07. The lowest BCUT2D eigenvalue weighted by Crippen LogP contribution is -2.26. The number of rotatable bonds is 9. The van der Waals surface area contributed by atoms with Gasteiger partial charge in [-0.25, -0.2) is 0 Å². The number of ether oxygens (including phenoxy) is 1. The van der Waals surface area contributed by atoms with Gasteiger partial charge in [-0.15, -0.1) is 0 Å². The van der Waals surface area contributed by atoms with Crippen molar-refractivity contribution >= 4 is 29.0 Å². The Balaban J connectivity index is 2.37. The molecule has 0 aliphatic carbocycles. The molecule has 1 aromatic rings. The number of hydrogen-bond donors (Lipinski definition) is 2. The van der Waals surface area contributed by atoms with Crippen molar-refractivity contribution in [2.24, 2.45) is 0 Å². The van der Waals surface area contributed by atoms with Gasteiger partial charge in [-0.2, -0.15) is 11.8 Å². The largest absolute Gasteiger partial charge is 0.497 e. The smallest absolute Gasteiger partial charge is 0.234 e. The second-order valence-electron chi connectivity index (χ2n) is 4.58. The molecule has 0 spiro atoms. The number of anilines is 2. The maximum atomic E-state index is 11.9. The fourth-order valence-corrected chi connectivity index (χ4v) is 2.64. The van der Waals surface area contributed by atoms with Crippen LogP contribution in [0.4, 0.5) is 11.4 Å². The van der Waals surface area contributed by atoms with Crippen molar-refractivity contribution in [1.82, 2.24) is 4.90 Å². The van der Waals surface area contributed by atoms with Crippen LogP contribution in [0.2, 0.25) is 0 Å². The number of nitrogens with one attached hydrogen (secondary N) is 1. The van der Waals surface area contributed by atoms with Crippen molar-refractivity contribution in [2.75, 3.05) is 49.3 Å². The summed E-state index contributed by atoms with van der Waals surface area (Å²) in [5.41, 5.74) is 6.98. The summed E-state index contributed by atoms with van der Waals surface area (Å²) in [6, 6.07) is 5.22. The highest BCUT2D eigenvalue weighted by atomic mass is 32.2. The van der Waals surface area contributed by atoms with Crippen molar-refractivity contribution in [1.29, 1.82) is 0 Å². The minimum atomic E-state index is -0.0421. The van der Waals surface area contributed by atoms with Gasteiger partial charge in [0.1, 0.15) is 5.75 Å². The van der Waals surface area contributed by atoms with Crippen LogP contribution < -0.4 is 15.8 Å². The first-order valence-electron chi connectivity index (χ1n) is 7.14. The van der Waals surface area contributed by atoms with Crippen molar-refractivity contribution in [2.45, 2.75) is 13.8 Å². The fourth-order valence-electron chi connectivity index (χ4n) is 1.86. The number of thioether (sulfide) groups is 1. The maximum Gasteiger partial charge on any atom is 0.234 e. The van der Waals surface area contributed by atoms with Gasteiger partial charge in [0.05, 0.1) is 24.2 Å². The summed E-state index contributed by atoms with van der Waals surface area (Å²) in [5.74, 6) is 2.01. The van der Waals surface area contributed by atoms with Gasteiger partial charge >= 0.3 is 0 Å². The van der Waals surface area contributed by atoms with E-state index in [1.165, 1.54) is 0 Å². The lowest BCUT2D eigenvalue weighted by Gasteiger charge is -2.17. The van der Waals surface area contributed by atoms with E-state index in [0.717, 1.165) is 25.4 Å². The Morgan fingerprint density at radius 2 is 2.10 bits per heavy atom. The average molecular weight is 311 g/mol. The summed E-state index contributed by atoms with van der Waals surface area (Å²) >= 11 is 1.63. The monoisotopic (exact) mass is 311 g/mol. The molecule has 0 aliphatic rings. The number of benzene rings is 1. The molecule has 1 amide bonds. The van der Waals surface area contributed by atoms with Crippen molar-refractivity contribution in [3.8, 4) is 5.75 Å². The average Bonchev–Trinajstić information content (AvgIpc) is 2.49. The number of nitrogens with two attached hydrogens (primary N) is 1. The lowest BCUT2D eigenvalue weighted by molar-refractivity contribution is -0.113. The summed E-state index contributed by atoms with van der Waals surface area (Å²) in [6.45, 7) is 7.39. The maximum absolute atomic E-state index is 11.9. The van der Waals surface area contributed by atoms with E-state index in [9.17, 15) is 4.79 Å². The van der Waals surface area contributed by atoms with Crippen molar-refractivity contribution < 1.29 is 9.53 Å². The second kappa shape index (κ2) is 9.52. The number of carbonyl (C=O) groups excluding carboxylic acids is 1. The Bertz CT molecular complexity index is 451. The summed E-state index contributed by atoms with van der Waals surface area (Å²) in [5, 5.41) is 2.82. The van der Waals surface area contributed by atoms with Crippen LogP contribution in [0.15, 0.2) is 18.2 Å². The van der Waals surface area contributed by atoms with Crippen LogP contribution in [-0.4, -0.2) is 49.1 Å². The highest BCUT2D eigenvalue weighted by Crippen LogP contribution is 2.24. The third-order valence-corrected chi connectivity index (χ3v) is 4.15. The van der Waals surface area contributed by atoms with Gasteiger partial charge in [0.15, 0.2) is 0 Å². The molecule has 21 heavy (non-hydrogen) atoms. The Labute approximate surface area is 131 Å². The van der Waals surface area contributed by atoms with Gasteiger partial charge in [0.25, 0.3) is 0 Å². The number of nitrogens with zero attached hydrogens (tertiary/aromatic N) is 1. The van der Waals surface area contributed by atoms with E-state index >= 15 is 0 Å². The zero-order valence-corrected chi connectivity index (χ0v) is 13.8. The molecule has 118 valence electrons. The predicted octanol–water partition coefficient (Wildman–Crippen LogP) is 2.29. The van der Waals surface area contributed by atoms with E-state index in [2.05, 4.69) is 24.1 Å². The van der Waals surface area contributed by atoms with Crippen LogP contribution in [0.25, 0.3) is 0 Å². The SMILES string of the molecule is CCN(CC)CCSCC(=O)Nc1cc(OC)ccc1N. The van der Waals surface area contributed by atoms with E-state index in [-0.39, 0.29) is 5.91 Å². The predicted molar refractivity (Wildman–Crippen MR) is 91.1 cm³/mol. The molecule has 0 saturated carbocycles. The summed E-state index contributed by atoms with van der Waals surface area (Å²) in [7, 11) is 1.58. The van der Waals surface area contributed by atoms with Gasteiger partial charge in [-0.1, -0.05) is 13.8 Å². The minimum absolute atomic E-state index is 0.0421. The molecule has 3 N–H and O–H groups in total. The molecule has 0 atom stereocenters. The number of carbonyl (C=O) groups is 1. The van der Waals surface area contributed by atoms with Gasteiger partial charge < -0.3 is 20.7 Å². The number of hydrogen-bond acceptors (Lipinski definition) is 5. The van der Waals surface area contributed by atoms with Gasteiger partial charge in [0.2, 0.25) is 5.91 Å². The molecule has 0 heterocycles. The van der Waals surface area contributed by atoms with Crippen LogP contribution in [0, 0.1) is 0 Å². The molecule has 0 aliphatic heterocycles. The fraction of sp³-hybridized carbons (Fsp3) is 0.533. The lowest BCUT2D eigenvalue weighted by atomic mass is 10.2. The van der Waals surface area contributed by atoms with Crippen LogP contribution in [0.5, 0.6) is 5.75 Å². The molecule has 5 nitrogen and oxygen atoms in total. The molecule has 0 radical (unpaired) electrons. The minimum Gasteiger partial charge on any atom is -0.497 e. The topological polar surface area (TPSA) is 67.6 Å². The quantitative estimate of drug-likeness (QED) is 0.541. The molecule has 0 aromatic heterocycles. The summed E-state index contributed by atoms with van der Waals surface area (Å²) < 4.78 is 5.12. The van der Waals surface area contributed by atoms with Crippen LogP contribution >= 0.6 is 11.8 Å². The number of nitrogen functional groups attached to an aromatic ring is 1. The van der Waals surface area contributed by atoms with Gasteiger partial charge in [-0.05, 0) is 25.2 Å². The second-order valence-corrected chi connectivity index (χ2v) is 5.69. The summed E-state index contributed by atoms with van der Waals surface area (Å²) in [4.78, 5) is 14.2. The van der Waals surface area contributed by atoms with Gasteiger partial charge in [-0.3, -0.25) is 4.79 Å². The molecular formula is C15H25N3O2S.